The van der Waals surface area contributed by atoms with E-state index in [4.69, 9.17) is 16.2 Å². The minimum atomic E-state index is -0.559. The van der Waals surface area contributed by atoms with Gasteiger partial charge >= 0.3 is 0 Å². The van der Waals surface area contributed by atoms with Gasteiger partial charge in [0.05, 0.1) is 11.1 Å². The first-order valence-corrected chi connectivity index (χ1v) is 6.22. The Hall–Kier alpha value is -2.63. The first-order valence-electron chi connectivity index (χ1n) is 6.22. The van der Waals surface area contributed by atoms with Crippen LogP contribution in [0, 0.1) is 6.92 Å². The Morgan fingerprint density at radius 1 is 1.30 bits per heavy atom. The monoisotopic (exact) mass is 272 g/mol. The maximum Gasteiger partial charge on any atom is 0.252 e. The molecule has 0 atom stereocenters. The van der Waals surface area contributed by atoms with Gasteiger partial charge in [-0.2, -0.15) is 4.98 Å². The molecule has 20 heavy (non-hydrogen) atoms. The molecule has 1 heterocycles. The first kappa shape index (κ1) is 13.8. The molecule has 1 amide bonds. The molecule has 0 aliphatic heterocycles. The van der Waals surface area contributed by atoms with Crippen molar-refractivity contribution in [2.24, 2.45) is 5.73 Å². The van der Waals surface area contributed by atoms with E-state index in [0.717, 1.165) is 0 Å². The number of benzene rings is 1. The zero-order chi connectivity index (χ0) is 14.7. The van der Waals surface area contributed by atoms with Crippen molar-refractivity contribution in [1.82, 2.24) is 9.97 Å². The van der Waals surface area contributed by atoms with Crippen molar-refractivity contribution in [3.63, 3.8) is 0 Å². The standard InChI is InChI=1S/C14H16N4O2/c1-3-11-17-12(15)8(2)14(18-11)20-10-7-5-4-6-9(10)13(16)19/h4-7H,3H2,1-2H3,(H2,16,19)(H2,15,17,18). The molecule has 0 radical (unpaired) electrons. The van der Waals surface area contributed by atoms with E-state index in [-0.39, 0.29) is 0 Å². The molecule has 0 spiro atoms. The molecule has 6 nitrogen and oxygen atoms in total. The first-order chi connectivity index (χ1) is 9.52. The third kappa shape index (κ3) is 2.69. The molecule has 2 rings (SSSR count). The van der Waals surface area contributed by atoms with Crippen molar-refractivity contribution < 1.29 is 9.53 Å². The summed E-state index contributed by atoms with van der Waals surface area (Å²) in [5.74, 6) is 1.07. The third-order valence-electron chi connectivity index (χ3n) is 2.86. The summed E-state index contributed by atoms with van der Waals surface area (Å²) < 4.78 is 5.69. The largest absolute Gasteiger partial charge is 0.438 e. The lowest BCUT2D eigenvalue weighted by atomic mass is 10.2. The number of amides is 1. The molecule has 1 aromatic heterocycles. The molecule has 0 saturated heterocycles. The third-order valence-corrected chi connectivity index (χ3v) is 2.86. The van der Waals surface area contributed by atoms with Crippen LogP contribution >= 0.6 is 0 Å². The normalized spacial score (nSPS) is 10.3. The van der Waals surface area contributed by atoms with E-state index in [1.54, 1.807) is 31.2 Å². The lowest BCUT2D eigenvalue weighted by molar-refractivity contribution is 0.0998. The van der Waals surface area contributed by atoms with Crippen LogP contribution in [0.3, 0.4) is 0 Å². The highest BCUT2D eigenvalue weighted by Gasteiger charge is 2.14. The predicted octanol–water partition coefficient (Wildman–Crippen LogP) is 1.82. The minimum Gasteiger partial charge on any atom is -0.438 e. The number of para-hydroxylation sites is 1. The fourth-order valence-corrected chi connectivity index (χ4v) is 1.68. The number of ether oxygens (including phenoxy) is 1. The van der Waals surface area contributed by atoms with Crippen LogP contribution in [0.15, 0.2) is 24.3 Å². The van der Waals surface area contributed by atoms with E-state index in [9.17, 15) is 4.79 Å². The van der Waals surface area contributed by atoms with Gasteiger partial charge in [0.2, 0.25) is 5.88 Å². The second-order valence-electron chi connectivity index (χ2n) is 4.27. The Kier molecular flexibility index (Phi) is 3.84. The number of primary amides is 1. The van der Waals surface area contributed by atoms with E-state index in [0.29, 0.717) is 40.8 Å². The molecule has 0 aliphatic rings. The number of aryl methyl sites for hydroxylation is 1. The van der Waals surface area contributed by atoms with E-state index >= 15 is 0 Å². The van der Waals surface area contributed by atoms with Crippen molar-refractivity contribution in [2.45, 2.75) is 20.3 Å². The van der Waals surface area contributed by atoms with Crippen LogP contribution in [0.5, 0.6) is 11.6 Å². The maximum atomic E-state index is 11.4. The van der Waals surface area contributed by atoms with Crippen molar-refractivity contribution in [1.29, 1.82) is 0 Å². The van der Waals surface area contributed by atoms with Gasteiger partial charge in [-0.05, 0) is 19.1 Å². The zero-order valence-corrected chi connectivity index (χ0v) is 11.4. The van der Waals surface area contributed by atoms with Gasteiger partial charge in [0.15, 0.2) is 0 Å². The Balaban J connectivity index is 2.45. The van der Waals surface area contributed by atoms with Crippen molar-refractivity contribution in [2.75, 3.05) is 5.73 Å². The quantitative estimate of drug-likeness (QED) is 0.883. The van der Waals surface area contributed by atoms with Crippen molar-refractivity contribution in [3.05, 3.63) is 41.2 Å². The van der Waals surface area contributed by atoms with E-state index in [1.165, 1.54) is 0 Å². The Morgan fingerprint density at radius 2 is 2.00 bits per heavy atom. The van der Waals surface area contributed by atoms with Gasteiger partial charge in [-0.1, -0.05) is 19.1 Å². The molecule has 0 unspecified atom stereocenters. The Bertz CT molecular complexity index is 656. The fraction of sp³-hybridized carbons (Fsp3) is 0.214. The van der Waals surface area contributed by atoms with E-state index in [2.05, 4.69) is 9.97 Å². The van der Waals surface area contributed by atoms with Crippen LogP contribution < -0.4 is 16.2 Å². The van der Waals surface area contributed by atoms with Crippen LogP contribution in [-0.4, -0.2) is 15.9 Å². The van der Waals surface area contributed by atoms with Gasteiger partial charge in [0.1, 0.15) is 17.4 Å². The highest BCUT2D eigenvalue weighted by molar-refractivity contribution is 5.95. The summed E-state index contributed by atoms with van der Waals surface area (Å²) in [5, 5.41) is 0. The average molecular weight is 272 g/mol. The topological polar surface area (TPSA) is 104 Å². The fourth-order valence-electron chi connectivity index (χ4n) is 1.68. The summed E-state index contributed by atoms with van der Waals surface area (Å²) in [4.78, 5) is 19.8. The summed E-state index contributed by atoms with van der Waals surface area (Å²) in [6.45, 7) is 3.68. The molecule has 6 heteroatoms. The number of anilines is 1. The average Bonchev–Trinajstić information content (AvgIpc) is 2.44. The van der Waals surface area contributed by atoms with Gasteiger partial charge in [-0.15, -0.1) is 0 Å². The summed E-state index contributed by atoms with van der Waals surface area (Å²) in [6, 6.07) is 6.72. The molecule has 2 aromatic rings. The summed E-state index contributed by atoms with van der Waals surface area (Å²) in [7, 11) is 0. The molecular weight excluding hydrogens is 256 g/mol. The highest BCUT2D eigenvalue weighted by Crippen LogP contribution is 2.28. The molecule has 1 aromatic carbocycles. The molecule has 0 saturated carbocycles. The van der Waals surface area contributed by atoms with Crippen LogP contribution in [0.4, 0.5) is 5.82 Å². The van der Waals surface area contributed by atoms with Crippen LogP contribution in [0.25, 0.3) is 0 Å². The Morgan fingerprint density at radius 3 is 2.65 bits per heavy atom. The number of nitrogens with zero attached hydrogens (tertiary/aromatic N) is 2. The Labute approximate surface area is 116 Å². The van der Waals surface area contributed by atoms with Gasteiger partial charge in [-0.25, -0.2) is 4.98 Å². The summed E-state index contributed by atoms with van der Waals surface area (Å²) >= 11 is 0. The smallest absolute Gasteiger partial charge is 0.252 e. The van der Waals surface area contributed by atoms with Gasteiger partial charge in [0.25, 0.3) is 5.91 Å². The van der Waals surface area contributed by atoms with Crippen LogP contribution in [0.2, 0.25) is 0 Å². The lowest BCUT2D eigenvalue weighted by Gasteiger charge is -2.12. The molecule has 104 valence electrons. The van der Waals surface area contributed by atoms with Gasteiger partial charge < -0.3 is 16.2 Å². The molecular formula is C14H16N4O2. The number of hydrogen-bond donors (Lipinski definition) is 2. The molecule has 0 aliphatic carbocycles. The van der Waals surface area contributed by atoms with E-state index < -0.39 is 5.91 Å². The molecule has 4 N–H and O–H groups in total. The number of nitrogens with two attached hydrogens (primary N) is 2. The number of hydrogen-bond acceptors (Lipinski definition) is 5. The number of nitrogen functional groups attached to an aromatic ring is 1. The van der Waals surface area contributed by atoms with Crippen molar-refractivity contribution >= 4 is 11.7 Å². The van der Waals surface area contributed by atoms with Crippen LogP contribution in [-0.2, 0) is 6.42 Å². The van der Waals surface area contributed by atoms with Crippen molar-refractivity contribution in [3.8, 4) is 11.6 Å². The van der Waals surface area contributed by atoms with Gasteiger partial charge in [-0.3, -0.25) is 4.79 Å². The molecule has 0 fully saturated rings. The number of aromatic nitrogens is 2. The molecule has 0 bridgehead atoms. The number of carbonyl (C=O) groups is 1. The second-order valence-corrected chi connectivity index (χ2v) is 4.27. The SMILES string of the molecule is CCc1nc(N)c(C)c(Oc2ccccc2C(N)=O)n1. The van der Waals surface area contributed by atoms with Gasteiger partial charge in [0, 0.05) is 6.42 Å². The summed E-state index contributed by atoms with van der Waals surface area (Å²) in [5.41, 5.74) is 12.1. The second kappa shape index (κ2) is 5.56. The number of rotatable bonds is 4. The maximum absolute atomic E-state index is 11.4. The number of carbonyl (C=O) groups excluding carboxylic acids is 1. The van der Waals surface area contributed by atoms with Crippen LogP contribution in [0.1, 0.15) is 28.7 Å². The predicted molar refractivity (Wildman–Crippen MR) is 75.6 cm³/mol. The minimum absolute atomic E-state index is 0.294. The zero-order valence-electron chi connectivity index (χ0n) is 11.4. The summed E-state index contributed by atoms with van der Waals surface area (Å²) in [6.07, 6.45) is 0.637. The highest BCUT2D eigenvalue weighted by atomic mass is 16.5. The lowest BCUT2D eigenvalue weighted by Crippen LogP contribution is -2.12. The van der Waals surface area contributed by atoms with E-state index in [1.807, 2.05) is 6.92 Å².